The summed E-state index contributed by atoms with van der Waals surface area (Å²) >= 11 is 0. The van der Waals surface area contributed by atoms with Crippen LogP contribution < -0.4 is 36.1 Å². The number of nitrogens with one attached hydrogen (secondary N) is 3. The minimum absolute atomic E-state index is 0.195. The molecule has 0 aliphatic carbocycles. The van der Waals surface area contributed by atoms with E-state index in [2.05, 4.69) is 37.4 Å². The second-order valence-corrected chi connectivity index (χ2v) is 8.33. The monoisotopic (exact) mass is 472 g/mol. The number of benzene rings is 2. The summed E-state index contributed by atoms with van der Waals surface area (Å²) in [6.45, 7) is 8.80. The number of rotatable bonds is 8. The van der Waals surface area contributed by atoms with Crippen LogP contribution in [0.1, 0.15) is 28.1 Å². The van der Waals surface area contributed by atoms with Gasteiger partial charge in [0.15, 0.2) is 17.3 Å². The number of anilines is 1. The summed E-state index contributed by atoms with van der Waals surface area (Å²) in [4.78, 5) is 31.1. The summed E-state index contributed by atoms with van der Waals surface area (Å²) in [7, 11) is 0. The van der Waals surface area contributed by atoms with Gasteiger partial charge in [-0.15, -0.1) is 10.2 Å². The molecule has 3 aromatic rings. The molecule has 0 radical (unpaired) electrons. The van der Waals surface area contributed by atoms with E-state index < -0.39 is 0 Å². The molecule has 5 rings (SSSR count). The number of nitrogens with zero attached hydrogens (tertiary/aromatic N) is 3. The SMILES string of the molecule is C=c1cc2c(c(CNC=O)c1C)=C(c1nc(NCCc3ccc4c(c3)OCO4)c(=O)[nH]c1C)N=N2. The van der Waals surface area contributed by atoms with Crippen LogP contribution in [-0.2, 0) is 17.8 Å². The van der Waals surface area contributed by atoms with Crippen molar-refractivity contribution < 1.29 is 14.3 Å². The Morgan fingerprint density at radius 1 is 1.17 bits per heavy atom. The van der Waals surface area contributed by atoms with Crippen LogP contribution in [0.3, 0.4) is 0 Å². The minimum Gasteiger partial charge on any atom is -0.454 e. The Labute approximate surface area is 200 Å². The molecule has 2 aliphatic rings. The minimum atomic E-state index is -0.320. The van der Waals surface area contributed by atoms with E-state index in [1.54, 1.807) is 6.92 Å². The van der Waals surface area contributed by atoms with Crippen molar-refractivity contribution in [2.45, 2.75) is 26.8 Å². The van der Waals surface area contributed by atoms with Crippen molar-refractivity contribution in [1.29, 1.82) is 0 Å². The Bertz CT molecular complexity index is 1540. The van der Waals surface area contributed by atoms with Gasteiger partial charge in [-0.3, -0.25) is 9.59 Å². The Kier molecular flexibility index (Phi) is 5.77. The van der Waals surface area contributed by atoms with Crippen molar-refractivity contribution in [3.8, 4) is 11.5 Å². The predicted octanol–water partition coefficient (Wildman–Crippen LogP) is 1.68. The molecule has 2 aromatic carbocycles. The number of ether oxygens (including phenoxy) is 2. The number of azo groups is 1. The second kappa shape index (κ2) is 9.05. The number of aryl methyl sites for hydroxylation is 1. The Hall–Kier alpha value is -4.47. The van der Waals surface area contributed by atoms with Gasteiger partial charge in [0, 0.05) is 24.0 Å². The predicted molar refractivity (Wildman–Crippen MR) is 130 cm³/mol. The first kappa shape index (κ1) is 22.3. The van der Waals surface area contributed by atoms with Crippen LogP contribution in [0.2, 0.25) is 0 Å². The van der Waals surface area contributed by atoms with E-state index >= 15 is 0 Å². The molecule has 0 unspecified atom stereocenters. The maximum absolute atomic E-state index is 12.6. The number of hydrogen-bond donors (Lipinski definition) is 3. The quantitative estimate of drug-likeness (QED) is 0.428. The average Bonchev–Trinajstić information content (AvgIpc) is 3.47. The molecule has 178 valence electrons. The third-order valence-electron chi connectivity index (χ3n) is 6.12. The van der Waals surface area contributed by atoms with Gasteiger partial charge in [-0.1, -0.05) is 12.6 Å². The van der Waals surface area contributed by atoms with Gasteiger partial charge in [0.2, 0.25) is 13.2 Å². The van der Waals surface area contributed by atoms with E-state index in [-0.39, 0.29) is 18.2 Å². The van der Waals surface area contributed by atoms with Gasteiger partial charge in [0.05, 0.1) is 5.69 Å². The van der Waals surface area contributed by atoms with Crippen LogP contribution in [-0.4, -0.2) is 29.7 Å². The fraction of sp³-hybridized carbons (Fsp3) is 0.240. The van der Waals surface area contributed by atoms with Crippen LogP contribution in [0.4, 0.5) is 11.5 Å². The zero-order valence-electron chi connectivity index (χ0n) is 19.4. The Morgan fingerprint density at radius 3 is 2.83 bits per heavy atom. The molecule has 2 aliphatic heterocycles. The van der Waals surface area contributed by atoms with Gasteiger partial charge in [0.1, 0.15) is 11.4 Å². The first-order valence-electron chi connectivity index (χ1n) is 11.1. The molecular formula is C25H24N6O4. The van der Waals surface area contributed by atoms with Crippen LogP contribution in [0.25, 0.3) is 12.3 Å². The lowest BCUT2D eigenvalue weighted by Gasteiger charge is -2.11. The molecule has 3 heterocycles. The van der Waals surface area contributed by atoms with Gasteiger partial charge in [-0.05, 0) is 60.4 Å². The molecule has 10 nitrogen and oxygen atoms in total. The third kappa shape index (κ3) is 4.14. The van der Waals surface area contributed by atoms with E-state index in [0.717, 1.165) is 38.6 Å². The summed E-state index contributed by atoms with van der Waals surface area (Å²) in [6.07, 6.45) is 1.31. The number of hydrogen-bond acceptors (Lipinski definition) is 8. The number of aromatic nitrogens is 2. The van der Waals surface area contributed by atoms with Gasteiger partial charge < -0.3 is 25.1 Å². The highest BCUT2D eigenvalue weighted by Gasteiger charge is 2.21. The van der Waals surface area contributed by atoms with Crippen LogP contribution >= 0.6 is 0 Å². The largest absolute Gasteiger partial charge is 0.454 e. The molecule has 1 amide bonds. The van der Waals surface area contributed by atoms with Crippen LogP contribution in [0.5, 0.6) is 11.5 Å². The standard InChI is InChI=1S/C25H24N6O4/c1-13-8-18-21(17(14(13)2)10-26-11-32)23(31-30-18)22-15(3)28-25(33)24(29-22)27-7-6-16-4-5-19-20(9-16)35-12-34-19/h4-5,8-9,11H,1,6-7,10,12H2,2-3H3,(H,26,32)(H,27,29)(H,28,33). The smallest absolute Gasteiger partial charge is 0.290 e. The van der Waals surface area contributed by atoms with Crippen molar-refractivity contribution in [2.75, 3.05) is 18.7 Å². The number of aromatic amines is 1. The number of carbonyl (C=O) groups excluding carboxylic acids is 1. The summed E-state index contributed by atoms with van der Waals surface area (Å²) in [5, 5.41) is 16.1. The normalized spacial score (nSPS) is 13.1. The average molecular weight is 473 g/mol. The van der Waals surface area contributed by atoms with Crippen LogP contribution in [0, 0.1) is 13.8 Å². The summed E-state index contributed by atoms with van der Waals surface area (Å²) in [5.74, 6) is 1.65. The molecule has 10 heteroatoms. The number of fused-ring (bicyclic) bond motifs is 2. The van der Waals surface area contributed by atoms with Crippen molar-refractivity contribution in [1.82, 2.24) is 15.3 Å². The first-order valence-corrected chi connectivity index (χ1v) is 11.1. The van der Waals surface area contributed by atoms with E-state index in [0.29, 0.717) is 48.7 Å². The van der Waals surface area contributed by atoms with Crippen molar-refractivity contribution in [3.63, 3.8) is 0 Å². The fourth-order valence-corrected chi connectivity index (χ4v) is 4.22. The van der Waals surface area contributed by atoms with Gasteiger partial charge in [-0.2, -0.15) is 0 Å². The lowest BCUT2D eigenvalue weighted by Crippen LogP contribution is -2.26. The lowest BCUT2D eigenvalue weighted by atomic mass is 10.00. The molecule has 3 N–H and O–H groups in total. The maximum atomic E-state index is 12.6. The van der Waals surface area contributed by atoms with E-state index in [4.69, 9.17) is 9.47 Å². The summed E-state index contributed by atoms with van der Waals surface area (Å²) in [6, 6.07) is 7.63. The molecule has 0 saturated heterocycles. The number of carbonyl (C=O) groups is 1. The van der Waals surface area contributed by atoms with Gasteiger partial charge in [-0.25, -0.2) is 4.98 Å². The topological polar surface area (TPSA) is 130 Å². The second-order valence-electron chi connectivity index (χ2n) is 8.33. The molecule has 0 fully saturated rings. The molecule has 0 saturated carbocycles. The molecule has 0 bridgehead atoms. The van der Waals surface area contributed by atoms with Crippen molar-refractivity contribution >= 4 is 30.2 Å². The molecular weight excluding hydrogens is 448 g/mol. The molecule has 1 aromatic heterocycles. The Morgan fingerprint density at radius 2 is 2.00 bits per heavy atom. The zero-order chi connectivity index (χ0) is 24.5. The van der Waals surface area contributed by atoms with E-state index in [9.17, 15) is 9.59 Å². The lowest BCUT2D eigenvalue weighted by molar-refractivity contribution is -0.109. The molecule has 35 heavy (non-hydrogen) atoms. The van der Waals surface area contributed by atoms with Crippen molar-refractivity contribution in [2.24, 2.45) is 10.2 Å². The van der Waals surface area contributed by atoms with E-state index in [1.807, 2.05) is 31.2 Å². The molecule has 0 spiro atoms. The molecule has 0 atom stereocenters. The van der Waals surface area contributed by atoms with Crippen molar-refractivity contribution in [3.05, 3.63) is 73.1 Å². The van der Waals surface area contributed by atoms with E-state index in [1.165, 1.54) is 0 Å². The number of H-pyrrole nitrogens is 1. The van der Waals surface area contributed by atoms with Crippen LogP contribution in [0.15, 0.2) is 39.3 Å². The number of amides is 1. The highest BCUT2D eigenvalue weighted by atomic mass is 16.7. The Balaban J connectivity index is 1.47. The van der Waals surface area contributed by atoms with Gasteiger partial charge >= 0.3 is 0 Å². The third-order valence-corrected chi connectivity index (χ3v) is 6.12. The summed E-state index contributed by atoms with van der Waals surface area (Å²) in [5.41, 5.74) is 4.81. The highest BCUT2D eigenvalue weighted by Crippen LogP contribution is 2.32. The first-order chi connectivity index (χ1) is 17.0. The maximum Gasteiger partial charge on any atom is 0.290 e. The zero-order valence-corrected chi connectivity index (χ0v) is 19.4. The fourth-order valence-electron chi connectivity index (χ4n) is 4.22. The summed E-state index contributed by atoms with van der Waals surface area (Å²) < 4.78 is 10.8. The van der Waals surface area contributed by atoms with Gasteiger partial charge in [0.25, 0.3) is 5.56 Å². The highest BCUT2D eigenvalue weighted by molar-refractivity contribution is 5.72.